The molecule has 0 aliphatic heterocycles. The van der Waals surface area contributed by atoms with Crippen LogP contribution in [-0.2, 0) is 14.3 Å². The topological polar surface area (TPSA) is 85.0 Å². The quantitative estimate of drug-likeness (QED) is 0.576. The molecular formula is C14H31ClN2O4. The van der Waals surface area contributed by atoms with E-state index in [-0.39, 0.29) is 49.5 Å². The number of nitrogens with zero attached hydrogens (tertiary/aromatic N) is 1. The van der Waals surface area contributed by atoms with Gasteiger partial charge >= 0.3 is 0 Å². The Morgan fingerprint density at radius 1 is 1.24 bits per heavy atom. The number of aliphatic hydroxyl groups excluding tert-OH is 1. The lowest BCUT2D eigenvalue weighted by Crippen LogP contribution is -2.43. The third-order valence-electron chi connectivity index (χ3n) is 3.03. The summed E-state index contributed by atoms with van der Waals surface area (Å²) >= 11 is 0. The number of ether oxygens (including phenoxy) is 2. The van der Waals surface area contributed by atoms with Crippen molar-refractivity contribution in [3.8, 4) is 0 Å². The maximum absolute atomic E-state index is 11.9. The summed E-state index contributed by atoms with van der Waals surface area (Å²) in [6, 6.07) is -0.202. The number of carbonyl (C=O) groups excluding carboxylic acids is 1. The van der Waals surface area contributed by atoms with E-state index in [1.54, 1.807) is 20.9 Å². The van der Waals surface area contributed by atoms with E-state index in [0.717, 1.165) is 0 Å². The fourth-order valence-electron chi connectivity index (χ4n) is 1.59. The number of likely N-dealkylation sites (N-methyl/N-ethyl adjacent to an activating group) is 1. The molecule has 6 nitrogen and oxygen atoms in total. The molecule has 0 heterocycles. The number of rotatable bonds is 10. The number of hydrogen-bond donors (Lipinski definition) is 2. The second-order valence-corrected chi connectivity index (χ2v) is 5.51. The van der Waals surface area contributed by atoms with Gasteiger partial charge in [0, 0.05) is 19.6 Å². The summed E-state index contributed by atoms with van der Waals surface area (Å²) in [5, 5.41) is 9.81. The molecule has 0 saturated heterocycles. The van der Waals surface area contributed by atoms with Gasteiger partial charge in [0.1, 0.15) is 0 Å². The smallest absolute Gasteiger partial charge is 0.226 e. The minimum atomic E-state index is -0.705. The molecule has 0 saturated carbocycles. The van der Waals surface area contributed by atoms with Crippen molar-refractivity contribution in [3.63, 3.8) is 0 Å². The van der Waals surface area contributed by atoms with Crippen molar-refractivity contribution in [2.75, 3.05) is 33.4 Å². The van der Waals surface area contributed by atoms with Gasteiger partial charge in [-0.25, -0.2) is 0 Å². The third-order valence-corrected chi connectivity index (χ3v) is 3.03. The molecule has 0 aromatic rings. The second-order valence-electron chi connectivity index (χ2n) is 5.51. The van der Waals surface area contributed by atoms with Crippen LogP contribution in [0.25, 0.3) is 0 Å². The summed E-state index contributed by atoms with van der Waals surface area (Å²) in [7, 11) is 1.66. The molecule has 0 aromatic carbocycles. The van der Waals surface area contributed by atoms with Crippen LogP contribution in [0.3, 0.4) is 0 Å². The predicted molar refractivity (Wildman–Crippen MR) is 85.6 cm³/mol. The van der Waals surface area contributed by atoms with Crippen LogP contribution >= 0.6 is 12.4 Å². The van der Waals surface area contributed by atoms with Crippen LogP contribution in [0.1, 0.15) is 27.7 Å². The fourth-order valence-corrected chi connectivity index (χ4v) is 1.59. The average Bonchev–Trinajstić information content (AvgIpc) is 2.35. The molecule has 0 aliphatic rings. The molecule has 21 heavy (non-hydrogen) atoms. The van der Waals surface area contributed by atoms with Gasteiger partial charge in [0.05, 0.1) is 37.9 Å². The zero-order valence-corrected chi connectivity index (χ0v) is 14.6. The summed E-state index contributed by atoms with van der Waals surface area (Å²) in [6.45, 7) is 8.85. The summed E-state index contributed by atoms with van der Waals surface area (Å²) in [6.07, 6.45) is -0.532. The molecule has 0 fully saturated rings. The zero-order chi connectivity index (χ0) is 15.7. The second kappa shape index (κ2) is 12.2. The average molecular weight is 327 g/mol. The lowest BCUT2D eigenvalue weighted by Gasteiger charge is -2.25. The minimum absolute atomic E-state index is 0. The molecule has 3 atom stereocenters. The van der Waals surface area contributed by atoms with Gasteiger partial charge < -0.3 is 25.2 Å². The van der Waals surface area contributed by atoms with Crippen LogP contribution in [0.15, 0.2) is 0 Å². The number of nitrogens with two attached hydrogens (primary N) is 1. The van der Waals surface area contributed by atoms with E-state index in [4.69, 9.17) is 15.2 Å². The first kappa shape index (κ1) is 22.9. The van der Waals surface area contributed by atoms with Crippen LogP contribution in [0.2, 0.25) is 0 Å². The van der Waals surface area contributed by atoms with Crippen molar-refractivity contribution < 1.29 is 19.4 Å². The van der Waals surface area contributed by atoms with E-state index in [1.807, 2.05) is 13.8 Å². The van der Waals surface area contributed by atoms with Crippen LogP contribution in [0, 0.1) is 5.92 Å². The van der Waals surface area contributed by atoms with Crippen molar-refractivity contribution in [1.29, 1.82) is 0 Å². The number of carbonyl (C=O) groups is 1. The molecule has 0 bridgehead atoms. The molecule has 7 heteroatoms. The predicted octanol–water partition coefficient (Wildman–Crippen LogP) is 0.652. The molecule has 128 valence electrons. The minimum Gasteiger partial charge on any atom is -0.389 e. The van der Waals surface area contributed by atoms with E-state index in [1.165, 1.54) is 4.90 Å². The van der Waals surface area contributed by atoms with Crippen LogP contribution in [-0.4, -0.2) is 67.6 Å². The highest BCUT2D eigenvalue weighted by Gasteiger charge is 2.22. The fraction of sp³-hybridized carbons (Fsp3) is 0.929. The zero-order valence-electron chi connectivity index (χ0n) is 13.7. The molecule has 0 rings (SSSR count). The lowest BCUT2D eigenvalue weighted by atomic mass is 10.0. The Labute approximate surface area is 134 Å². The van der Waals surface area contributed by atoms with E-state index in [2.05, 4.69) is 0 Å². The first-order valence-electron chi connectivity index (χ1n) is 7.13. The first-order valence-corrected chi connectivity index (χ1v) is 7.13. The number of amides is 1. The molecule has 1 amide bonds. The van der Waals surface area contributed by atoms with E-state index >= 15 is 0 Å². The van der Waals surface area contributed by atoms with Crippen molar-refractivity contribution >= 4 is 18.3 Å². The summed E-state index contributed by atoms with van der Waals surface area (Å²) < 4.78 is 10.6. The monoisotopic (exact) mass is 326 g/mol. The van der Waals surface area contributed by atoms with Crippen molar-refractivity contribution in [3.05, 3.63) is 0 Å². The van der Waals surface area contributed by atoms with E-state index in [9.17, 15) is 9.90 Å². The van der Waals surface area contributed by atoms with Gasteiger partial charge in [0.15, 0.2) is 0 Å². The Bertz CT molecular complexity index is 278. The molecule has 3 N–H and O–H groups in total. The van der Waals surface area contributed by atoms with Crippen molar-refractivity contribution in [2.45, 2.75) is 45.9 Å². The van der Waals surface area contributed by atoms with Crippen LogP contribution in [0.4, 0.5) is 0 Å². The van der Waals surface area contributed by atoms with Gasteiger partial charge in [0.25, 0.3) is 0 Å². The normalized spacial score (nSPS) is 15.2. The molecule has 0 spiro atoms. The lowest BCUT2D eigenvalue weighted by molar-refractivity contribution is -0.136. The van der Waals surface area contributed by atoms with E-state index in [0.29, 0.717) is 13.2 Å². The third kappa shape index (κ3) is 10.9. The molecule has 0 aromatic heterocycles. The van der Waals surface area contributed by atoms with Crippen molar-refractivity contribution in [2.24, 2.45) is 11.7 Å². The Balaban J connectivity index is 0. The molecule has 3 unspecified atom stereocenters. The van der Waals surface area contributed by atoms with Gasteiger partial charge in [0.2, 0.25) is 5.91 Å². The van der Waals surface area contributed by atoms with E-state index < -0.39 is 6.10 Å². The van der Waals surface area contributed by atoms with Crippen LogP contribution in [0.5, 0.6) is 0 Å². The Hall–Kier alpha value is -0.400. The molecular weight excluding hydrogens is 296 g/mol. The molecule has 0 radical (unpaired) electrons. The largest absolute Gasteiger partial charge is 0.389 e. The van der Waals surface area contributed by atoms with Crippen molar-refractivity contribution in [1.82, 2.24) is 4.90 Å². The summed E-state index contributed by atoms with van der Waals surface area (Å²) in [5.41, 5.74) is 5.69. The Morgan fingerprint density at radius 2 is 1.81 bits per heavy atom. The summed E-state index contributed by atoms with van der Waals surface area (Å²) in [5.74, 6) is -0.324. The first-order chi connectivity index (χ1) is 9.25. The number of aliphatic hydroxyl groups is 1. The Kier molecular flexibility index (Phi) is 13.3. The standard InChI is InChI=1S/C14H30N2O4.ClH/c1-10(2)20-7-6-19-9-13(17)8-16(5)14(18)11(3)12(4)15;/h10-13,17H,6-9,15H2,1-5H3;1H. The summed E-state index contributed by atoms with van der Waals surface area (Å²) in [4.78, 5) is 13.4. The highest BCUT2D eigenvalue weighted by molar-refractivity contribution is 5.85. The molecule has 0 aliphatic carbocycles. The van der Waals surface area contributed by atoms with Crippen LogP contribution < -0.4 is 5.73 Å². The number of halogens is 1. The highest BCUT2D eigenvalue weighted by Crippen LogP contribution is 2.05. The van der Waals surface area contributed by atoms with Gasteiger partial charge in [-0.2, -0.15) is 0 Å². The maximum Gasteiger partial charge on any atom is 0.226 e. The van der Waals surface area contributed by atoms with Gasteiger partial charge in [-0.1, -0.05) is 6.92 Å². The van der Waals surface area contributed by atoms with Gasteiger partial charge in [-0.05, 0) is 20.8 Å². The van der Waals surface area contributed by atoms with Gasteiger partial charge in [-0.15, -0.1) is 12.4 Å². The maximum atomic E-state index is 11.9. The number of hydrogen-bond acceptors (Lipinski definition) is 5. The Morgan fingerprint density at radius 3 is 2.29 bits per heavy atom. The highest BCUT2D eigenvalue weighted by atomic mass is 35.5. The van der Waals surface area contributed by atoms with Gasteiger partial charge in [-0.3, -0.25) is 4.79 Å². The SMILES string of the molecule is CC(C)OCCOCC(O)CN(C)C(=O)C(C)C(C)N.Cl.